The summed E-state index contributed by atoms with van der Waals surface area (Å²) >= 11 is 1.66. The van der Waals surface area contributed by atoms with Gasteiger partial charge in [0.2, 0.25) is 5.95 Å². The third kappa shape index (κ3) is 1.98. The first-order valence-corrected chi connectivity index (χ1v) is 6.99. The van der Waals surface area contributed by atoms with Crippen molar-refractivity contribution in [1.82, 2.24) is 19.7 Å². The van der Waals surface area contributed by atoms with E-state index in [4.69, 9.17) is 5.73 Å². The Morgan fingerprint density at radius 1 is 1.26 bits per heavy atom. The van der Waals surface area contributed by atoms with Gasteiger partial charge in [0.25, 0.3) is 0 Å². The van der Waals surface area contributed by atoms with Crippen LogP contribution >= 0.6 is 11.3 Å². The molecule has 0 aliphatic rings. The third-order valence-corrected chi connectivity index (χ3v) is 4.17. The Labute approximate surface area is 115 Å². The molecule has 0 aliphatic heterocycles. The molecule has 98 valence electrons. The average Bonchev–Trinajstić information content (AvgIpc) is 2.91. The molecule has 0 aliphatic carbocycles. The number of thiophene rings is 1. The van der Waals surface area contributed by atoms with Gasteiger partial charge in [-0.3, -0.25) is 0 Å². The molecule has 3 rings (SSSR count). The maximum Gasteiger partial charge on any atom is 0.223 e. The van der Waals surface area contributed by atoms with Crippen molar-refractivity contribution in [1.29, 1.82) is 0 Å². The van der Waals surface area contributed by atoms with E-state index >= 15 is 0 Å². The van der Waals surface area contributed by atoms with Gasteiger partial charge in [0.1, 0.15) is 4.83 Å². The van der Waals surface area contributed by atoms with Crippen LogP contribution in [0.15, 0.2) is 12.1 Å². The van der Waals surface area contributed by atoms with E-state index in [0.717, 1.165) is 33.8 Å². The van der Waals surface area contributed by atoms with Crippen LogP contribution in [-0.4, -0.2) is 19.7 Å². The van der Waals surface area contributed by atoms with Crippen LogP contribution in [0.3, 0.4) is 0 Å². The SMILES string of the molecule is CCc1cc2c(-n3nc(C)cc3C)nc(N)nc2s1. The van der Waals surface area contributed by atoms with Crippen molar-refractivity contribution >= 4 is 27.5 Å². The summed E-state index contributed by atoms with van der Waals surface area (Å²) in [7, 11) is 0. The zero-order valence-electron chi connectivity index (χ0n) is 11.1. The number of aryl methyl sites for hydroxylation is 3. The quantitative estimate of drug-likeness (QED) is 0.779. The first-order chi connectivity index (χ1) is 9.08. The van der Waals surface area contributed by atoms with Crippen LogP contribution in [0.25, 0.3) is 16.0 Å². The molecule has 5 nitrogen and oxygen atoms in total. The summed E-state index contributed by atoms with van der Waals surface area (Å²) in [4.78, 5) is 10.9. The fourth-order valence-electron chi connectivity index (χ4n) is 2.15. The van der Waals surface area contributed by atoms with Gasteiger partial charge in [-0.2, -0.15) is 10.1 Å². The minimum absolute atomic E-state index is 0.291. The lowest BCUT2D eigenvalue weighted by atomic mass is 10.3. The van der Waals surface area contributed by atoms with Crippen LogP contribution in [-0.2, 0) is 6.42 Å². The monoisotopic (exact) mass is 273 g/mol. The number of rotatable bonds is 2. The lowest BCUT2D eigenvalue weighted by Crippen LogP contribution is -2.05. The molecule has 0 saturated carbocycles. The van der Waals surface area contributed by atoms with E-state index in [0.29, 0.717) is 5.95 Å². The molecule has 0 saturated heterocycles. The van der Waals surface area contributed by atoms with Gasteiger partial charge in [0.15, 0.2) is 5.82 Å². The minimum atomic E-state index is 0.291. The molecule has 19 heavy (non-hydrogen) atoms. The van der Waals surface area contributed by atoms with Gasteiger partial charge in [-0.05, 0) is 32.4 Å². The molecular weight excluding hydrogens is 258 g/mol. The van der Waals surface area contributed by atoms with Gasteiger partial charge in [-0.25, -0.2) is 9.67 Å². The van der Waals surface area contributed by atoms with Crippen molar-refractivity contribution in [2.75, 3.05) is 5.73 Å². The molecule has 3 aromatic rings. The summed E-state index contributed by atoms with van der Waals surface area (Å²) in [6.45, 7) is 6.11. The van der Waals surface area contributed by atoms with Gasteiger partial charge < -0.3 is 5.73 Å². The molecule has 2 N–H and O–H groups in total. The lowest BCUT2D eigenvalue weighted by molar-refractivity contribution is 0.812. The van der Waals surface area contributed by atoms with Crippen LogP contribution in [0.2, 0.25) is 0 Å². The summed E-state index contributed by atoms with van der Waals surface area (Å²) in [6, 6.07) is 4.16. The fourth-order valence-corrected chi connectivity index (χ4v) is 3.12. The van der Waals surface area contributed by atoms with Gasteiger partial charge in [-0.15, -0.1) is 11.3 Å². The van der Waals surface area contributed by atoms with Crippen molar-refractivity contribution in [2.24, 2.45) is 0 Å². The van der Waals surface area contributed by atoms with Gasteiger partial charge >= 0.3 is 0 Å². The second-order valence-corrected chi connectivity index (χ2v) is 5.64. The molecule has 0 radical (unpaired) electrons. The minimum Gasteiger partial charge on any atom is -0.368 e. The number of nitrogen functional groups attached to an aromatic ring is 1. The van der Waals surface area contributed by atoms with E-state index in [1.165, 1.54) is 4.88 Å². The number of nitrogens with two attached hydrogens (primary N) is 1. The molecule has 0 bridgehead atoms. The van der Waals surface area contributed by atoms with Crippen LogP contribution in [0, 0.1) is 13.8 Å². The predicted molar refractivity (Wildman–Crippen MR) is 77.8 cm³/mol. The summed E-state index contributed by atoms with van der Waals surface area (Å²) < 4.78 is 1.84. The van der Waals surface area contributed by atoms with E-state index in [1.807, 2.05) is 24.6 Å². The van der Waals surface area contributed by atoms with Gasteiger partial charge in [0.05, 0.1) is 11.1 Å². The lowest BCUT2D eigenvalue weighted by Gasteiger charge is -2.05. The zero-order valence-corrected chi connectivity index (χ0v) is 12.0. The second kappa shape index (κ2) is 4.31. The highest BCUT2D eigenvalue weighted by Crippen LogP contribution is 2.29. The number of hydrogen-bond acceptors (Lipinski definition) is 5. The highest BCUT2D eigenvalue weighted by atomic mass is 32.1. The molecule has 6 heteroatoms. The van der Waals surface area contributed by atoms with Crippen molar-refractivity contribution in [2.45, 2.75) is 27.2 Å². The van der Waals surface area contributed by atoms with Crippen molar-refractivity contribution < 1.29 is 0 Å². The fraction of sp³-hybridized carbons (Fsp3) is 0.308. The number of fused-ring (bicyclic) bond motifs is 1. The predicted octanol–water partition coefficient (Wildman–Crippen LogP) is 2.64. The van der Waals surface area contributed by atoms with E-state index in [1.54, 1.807) is 11.3 Å². The summed E-state index contributed by atoms with van der Waals surface area (Å²) in [6.07, 6.45) is 0.984. The van der Waals surface area contributed by atoms with E-state index < -0.39 is 0 Å². The summed E-state index contributed by atoms with van der Waals surface area (Å²) in [5.74, 6) is 1.06. The maximum atomic E-state index is 5.81. The third-order valence-electron chi connectivity index (χ3n) is 3.00. The Morgan fingerprint density at radius 3 is 2.68 bits per heavy atom. The smallest absolute Gasteiger partial charge is 0.223 e. The number of nitrogens with zero attached hydrogens (tertiary/aromatic N) is 4. The van der Waals surface area contributed by atoms with Crippen LogP contribution in [0.4, 0.5) is 5.95 Å². The molecule has 0 amide bonds. The van der Waals surface area contributed by atoms with Crippen LogP contribution in [0.5, 0.6) is 0 Å². The molecule has 0 fully saturated rings. The summed E-state index contributed by atoms with van der Waals surface area (Å²) in [5, 5.41) is 5.50. The number of aromatic nitrogens is 4. The second-order valence-electron chi connectivity index (χ2n) is 4.53. The molecular formula is C13H15N5S. The molecule has 0 unspecified atom stereocenters. The highest BCUT2D eigenvalue weighted by molar-refractivity contribution is 7.18. The molecule has 0 atom stereocenters. The molecule has 3 aromatic heterocycles. The maximum absolute atomic E-state index is 5.81. The Kier molecular flexibility index (Phi) is 2.74. The first-order valence-electron chi connectivity index (χ1n) is 6.18. The van der Waals surface area contributed by atoms with E-state index in [-0.39, 0.29) is 0 Å². The van der Waals surface area contributed by atoms with E-state index in [2.05, 4.69) is 28.1 Å². The summed E-state index contributed by atoms with van der Waals surface area (Å²) in [5.41, 5.74) is 7.82. The van der Waals surface area contributed by atoms with Crippen molar-refractivity contribution in [3.8, 4) is 5.82 Å². The Hall–Kier alpha value is -1.95. The molecule has 3 heterocycles. The standard InChI is InChI=1S/C13H15N5S/c1-4-9-6-10-11(15-13(14)16-12(10)19-9)18-8(3)5-7(2)17-18/h5-6H,4H2,1-3H3,(H2,14,15,16). The molecule has 0 spiro atoms. The Morgan fingerprint density at radius 2 is 2.05 bits per heavy atom. The van der Waals surface area contributed by atoms with Gasteiger partial charge in [-0.1, -0.05) is 6.92 Å². The van der Waals surface area contributed by atoms with E-state index in [9.17, 15) is 0 Å². The first kappa shape index (κ1) is 12.1. The number of hydrogen-bond donors (Lipinski definition) is 1. The Balaban J connectivity index is 2.33. The molecule has 0 aromatic carbocycles. The van der Waals surface area contributed by atoms with Gasteiger partial charge in [0, 0.05) is 10.6 Å². The van der Waals surface area contributed by atoms with Crippen LogP contribution in [0.1, 0.15) is 23.2 Å². The average molecular weight is 273 g/mol. The van der Waals surface area contributed by atoms with Crippen LogP contribution < -0.4 is 5.73 Å². The van der Waals surface area contributed by atoms with Crippen molar-refractivity contribution in [3.05, 3.63) is 28.4 Å². The number of anilines is 1. The normalized spacial score (nSPS) is 11.3. The Bertz CT molecular complexity index is 756. The zero-order chi connectivity index (χ0) is 13.6. The largest absolute Gasteiger partial charge is 0.368 e. The topological polar surface area (TPSA) is 69.6 Å². The van der Waals surface area contributed by atoms with Crippen molar-refractivity contribution in [3.63, 3.8) is 0 Å². The highest BCUT2D eigenvalue weighted by Gasteiger charge is 2.14.